The van der Waals surface area contributed by atoms with Gasteiger partial charge in [0.25, 0.3) is 10.0 Å². The van der Waals surface area contributed by atoms with Crippen molar-refractivity contribution in [3.05, 3.63) is 17.9 Å². The zero-order chi connectivity index (χ0) is 14.7. The summed E-state index contributed by atoms with van der Waals surface area (Å²) in [5, 5.41) is 2.30. The smallest absolute Gasteiger partial charge is 0.390 e. The van der Waals surface area contributed by atoms with Crippen LogP contribution in [0.1, 0.15) is 12.2 Å². The molecule has 9 heteroatoms. The highest BCUT2D eigenvalue weighted by molar-refractivity contribution is 7.88. The number of furan rings is 1. The Morgan fingerprint density at radius 2 is 1.95 bits per heavy atom. The van der Waals surface area contributed by atoms with Crippen LogP contribution in [-0.2, 0) is 16.6 Å². The van der Waals surface area contributed by atoms with Gasteiger partial charge in [0.1, 0.15) is 5.76 Å². The highest BCUT2D eigenvalue weighted by atomic mass is 32.2. The first kappa shape index (κ1) is 16.0. The number of alkyl halides is 3. The first-order valence-corrected chi connectivity index (χ1v) is 6.85. The van der Waals surface area contributed by atoms with Crippen molar-refractivity contribution in [2.75, 3.05) is 20.6 Å². The van der Waals surface area contributed by atoms with Gasteiger partial charge in [0, 0.05) is 20.6 Å². The molecule has 0 amide bonds. The van der Waals surface area contributed by atoms with Gasteiger partial charge in [-0.25, -0.2) is 12.7 Å². The van der Waals surface area contributed by atoms with Gasteiger partial charge in [-0.1, -0.05) is 0 Å². The summed E-state index contributed by atoms with van der Waals surface area (Å²) in [6, 6.07) is 2.69. The van der Waals surface area contributed by atoms with Crippen molar-refractivity contribution in [2.45, 2.75) is 24.2 Å². The van der Waals surface area contributed by atoms with Crippen LogP contribution in [0, 0.1) is 0 Å². The number of nitrogens with one attached hydrogen (secondary N) is 1. The molecule has 0 aromatic carbocycles. The number of halogens is 3. The topological polar surface area (TPSA) is 62.6 Å². The van der Waals surface area contributed by atoms with E-state index in [0.717, 1.165) is 4.31 Å². The third-order valence-corrected chi connectivity index (χ3v) is 3.95. The molecule has 0 aliphatic heterocycles. The second-order valence-electron chi connectivity index (χ2n) is 4.05. The quantitative estimate of drug-likeness (QED) is 0.810. The predicted molar refractivity (Wildman–Crippen MR) is 62.0 cm³/mol. The lowest BCUT2D eigenvalue weighted by molar-refractivity contribution is -0.133. The van der Waals surface area contributed by atoms with Crippen LogP contribution in [0.2, 0.25) is 0 Å². The van der Waals surface area contributed by atoms with Crippen molar-refractivity contribution >= 4 is 10.0 Å². The largest absolute Gasteiger partial charge is 0.447 e. The summed E-state index contributed by atoms with van der Waals surface area (Å²) in [5.41, 5.74) is 0. The number of hydrogen-bond acceptors (Lipinski definition) is 4. The molecule has 1 N–H and O–H groups in total. The zero-order valence-electron chi connectivity index (χ0n) is 10.5. The van der Waals surface area contributed by atoms with Crippen LogP contribution in [-0.4, -0.2) is 39.5 Å². The van der Waals surface area contributed by atoms with Gasteiger partial charge in [-0.2, -0.15) is 13.2 Å². The average Bonchev–Trinajstić information content (AvgIpc) is 2.72. The Labute approximate surface area is 109 Å². The lowest BCUT2D eigenvalue weighted by Crippen LogP contribution is -2.22. The molecule has 0 aliphatic carbocycles. The molecule has 0 unspecified atom stereocenters. The van der Waals surface area contributed by atoms with Crippen LogP contribution in [0.5, 0.6) is 0 Å². The van der Waals surface area contributed by atoms with Crippen LogP contribution in [0.15, 0.2) is 21.6 Å². The fourth-order valence-electron chi connectivity index (χ4n) is 1.21. The molecular weight excluding hydrogens is 285 g/mol. The maximum absolute atomic E-state index is 11.9. The minimum absolute atomic E-state index is 0.0407. The van der Waals surface area contributed by atoms with Gasteiger partial charge in [-0.15, -0.1) is 0 Å². The fraction of sp³-hybridized carbons (Fsp3) is 0.600. The molecular formula is C10H15F3N2O3S. The van der Waals surface area contributed by atoms with E-state index in [4.69, 9.17) is 4.42 Å². The maximum atomic E-state index is 11.9. The van der Waals surface area contributed by atoms with Crippen LogP contribution in [0.3, 0.4) is 0 Å². The van der Waals surface area contributed by atoms with E-state index in [1.165, 1.54) is 26.2 Å². The molecule has 0 saturated carbocycles. The first-order chi connectivity index (χ1) is 8.63. The Bertz CT molecular complexity index is 508. The monoisotopic (exact) mass is 300 g/mol. The molecule has 110 valence electrons. The number of hydrogen-bond donors (Lipinski definition) is 1. The predicted octanol–water partition coefficient (Wildman–Crippen LogP) is 1.57. The van der Waals surface area contributed by atoms with Crippen LogP contribution >= 0.6 is 0 Å². The zero-order valence-corrected chi connectivity index (χ0v) is 11.3. The molecule has 1 aromatic heterocycles. The summed E-state index contributed by atoms with van der Waals surface area (Å²) in [4.78, 5) is 0. The SMILES string of the molecule is CN(C)S(=O)(=O)c1ccc(CNCCC(F)(F)F)o1. The normalized spacial score (nSPS) is 13.2. The second kappa shape index (κ2) is 5.93. The summed E-state index contributed by atoms with van der Waals surface area (Å²) in [6.45, 7) is -0.209. The van der Waals surface area contributed by atoms with E-state index in [2.05, 4.69) is 5.32 Å². The molecule has 0 aliphatic rings. The third kappa shape index (κ3) is 4.84. The molecule has 0 spiro atoms. The van der Waals surface area contributed by atoms with E-state index in [9.17, 15) is 21.6 Å². The Kier molecular flexibility index (Phi) is 4.99. The van der Waals surface area contributed by atoms with Gasteiger partial charge in [0.15, 0.2) is 0 Å². The maximum Gasteiger partial charge on any atom is 0.390 e. The van der Waals surface area contributed by atoms with Gasteiger partial charge in [0.2, 0.25) is 5.09 Å². The van der Waals surface area contributed by atoms with Crippen molar-refractivity contribution in [3.8, 4) is 0 Å². The Balaban J connectivity index is 2.53. The van der Waals surface area contributed by atoms with Crippen molar-refractivity contribution in [2.24, 2.45) is 0 Å². The summed E-state index contributed by atoms with van der Waals surface area (Å²) in [6.07, 6.45) is -5.16. The molecule has 1 aromatic rings. The van der Waals surface area contributed by atoms with Gasteiger partial charge < -0.3 is 9.73 Å². The first-order valence-electron chi connectivity index (χ1n) is 5.41. The summed E-state index contributed by atoms with van der Waals surface area (Å²) in [7, 11) is -0.931. The molecule has 0 radical (unpaired) electrons. The van der Waals surface area contributed by atoms with Gasteiger partial charge >= 0.3 is 6.18 Å². The molecule has 0 bridgehead atoms. The summed E-state index contributed by atoms with van der Waals surface area (Å²) < 4.78 is 65.0. The Morgan fingerprint density at radius 3 is 2.47 bits per heavy atom. The standard InChI is InChI=1S/C10H15F3N2O3S/c1-15(2)19(16,17)9-4-3-8(18-9)7-14-6-5-10(11,12)13/h3-4,14H,5-7H2,1-2H3. The van der Waals surface area contributed by atoms with Crippen molar-refractivity contribution in [1.29, 1.82) is 0 Å². The fourth-order valence-corrected chi connectivity index (χ4v) is 2.03. The van der Waals surface area contributed by atoms with E-state index in [1.807, 2.05) is 0 Å². The van der Waals surface area contributed by atoms with Crippen molar-refractivity contribution in [1.82, 2.24) is 9.62 Å². The summed E-state index contributed by atoms with van der Waals surface area (Å²) >= 11 is 0. The molecule has 0 saturated heterocycles. The van der Waals surface area contributed by atoms with Crippen LogP contribution in [0.25, 0.3) is 0 Å². The molecule has 0 atom stereocenters. The van der Waals surface area contributed by atoms with E-state index in [-0.39, 0.29) is 23.9 Å². The number of rotatable bonds is 6. The lowest BCUT2D eigenvalue weighted by atomic mass is 10.4. The highest BCUT2D eigenvalue weighted by Gasteiger charge is 2.26. The molecule has 1 rings (SSSR count). The van der Waals surface area contributed by atoms with Crippen LogP contribution in [0.4, 0.5) is 13.2 Å². The van der Waals surface area contributed by atoms with Crippen molar-refractivity contribution < 1.29 is 26.0 Å². The second-order valence-corrected chi connectivity index (χ2v) is 6.13. The molecule has 5 nitrogen and oxygen atoms in total. The summed E-state index contributed by atoms with van der Waals surface area (Å²) in [5.74, 6) is 0.266. The molecule has 0 fully saturated rings. The third-order valence-electron chi connectivity index (χ3n) is 2.26. The highest BCUT2D eigenvalue weighted by Crippen LogP contribution is 2.19. The lowest BCUT2D eigenvalue weighted by Gasteiger charge is -2.08. The number of nitrogens with zero attached hydrogens (tertiary/aromatic N) is 1. The van der Waals surface area contributed by atoms with Crippen LogP contribution < -0.4 is 5.32 Å². The average molecular weight is 300 g/mol. The van der Waals surface area contributed by atoms with E-state index in [1.54, 1.807) is 0 Å². The minimum atomic E-state index is -4.21. The molecule has 1 heterocycles. The number of sulfonamides is 1. The Morgan fingerprint density at radius 1 is 1.32 bits per heavy atom. The van der Waals surface area contributed by atoms with E-state index < -0.39 is 22.6 Å². The minimum Gasteiger partial charge on any atom is -0.447 e. The Hall–Kier alpha value is -1.06. The van der Waals surface area contributed by atoms with E-state index in [0.29, 0.717) is 0 Å². The molecule has 19 heavy (non-hydrogen) atoms. The van der Waals surface area contributed by atoms with E-state index >= 15 is 0 Å². The van der Waals surface area contributed by atoms with Crippen molar-refractivity contribution in [3.63, 3.8) is 0 Å². The van der Waals surface area contributed by atoms with Gasteiger partial charge in [-0.3, -0.25) is 0 Å². The van der Waals surface area contributed by atoms with Gasteiger partial charge in [-0.05, 0) is 12.1 Å². The van der Waals surface area contributed by atoms with Gasteiger partial charge in [0.05, 0.1) is 13.0 Å².